The highest BCUT2D eigenvalue weighted by Gasteiger charge is 2.31. The van der Waals surface area contributed by atoms with Crippen molar-refractivity contribution in [3.05, 3.63) is 46.3 Å². The second-order valence-corrected chi connectivity index (χ2v) is 8.04. The smallest absolute Gasteiger partial charge is 0.270 e. The maximum absolute atomic E-state index is 13.1. The molecule has 0 saturated carbocycles. The highest BCUT2D eigenvalue weighted by Crippen LogP contribution is 2.31. The molecule has 7 nitrogen and oxygen atoms in total. The summed E-state index contributed by atoms with van der Waals surface area (Å²) in [6.07, 6.45) is 0.699. The van der Waals surface area contributed by atoms with Crippen LogP contribution < -0.4 is 10.2 Å². The van der Waals surface area contributed by atoms with Gasteiger partial charge in [0.1, 0.15) is 5.69 Å². The molecule has 0 spiro atoms. The Kier molecular flexibility index (Phi) is 5.61. The number of carbonyl (C=O) groups excluding carboxylic acids is 1. The fourth-order valence-corrected chi connectivity index (χ4v) is 4.33. The summed E-state index contributed by atoms with van der Waals surface area (Å²) in [6, 6.07) is 6.40. The van der Waals surface area contributed by atoms with Crippen molar-refractivity contribution in [3.8, 4) is 0 Å². The molecule has 1 fully saturated rings. The number of hydrogen-bond donors (Lipinski definition) is 1. The van der Waals surface area contributed by atoms with Crippen LogP contribution in [0.15, 0.2) is 18.2 Å². The molecule has 2 atom stereocenters. The summed E-state index contributed by atoms with van der Waals surface area (Å²) >= 11 is 0. The monoisotopic (exact) mass is 398 g/mol. The lowest BCUT2D eigenvalue weighted by atomic mass is 9.99. The van der Waals surface area contributed by atoms with Crippen LogP contribution >= 0.6 is 0 Å². The zero-order valence-electron chi connectivity index (χ0n) is 17.7. The number of aryl methyl sites for hydroxylation is 2. The quantitative estimate of drug-likeness (QED) is 0.857. The molecule has 7 heteroatoms. The van der Waals surface area contributed by atoms with Crippen LogP contribution in [0, 0.1) is 6.92 Å². The van der Waals surface area contributed by atoms with Gasteiger partial charge in [-0.3, -0.25) is 9.48 Å². The standard InChI is InChI=1S/C22H30N4O3/c1-14-5-6-17(19(11-14)26-7-9-28-10-8-26)13-23-22(27)21-18-12-15(2)29-16(3)20(18)24-25(21)4/h5-6,11,15-16H,7-10,12-13H2,1-4H3,(H,23,27)/t15-,16+/m1/s1. The lowest BCUT2D eigenvalue weighted by Crippen LogP contribution is -2.37. The van der Waals surface area contributed by atoms with Gasteiger partial charge in [0.15, 0.2) is 0 Å². The largest absolute Gasteiger partial charge is 0.378 e. The van der Waals surface area contributed by atoms with Crippen molar-refractivity contribution < 1.29 is 14.3 Å². The van der Waals surface area contributed by atoms with Crippen molar-refractivity contribution in [3.63, 3.8) is 0 Å². The molecule has 1 aromatic carbocycles. The van der Waals surface area contributed by atoms with E-state index >= 15 is 0 Å². The highest BCUT2D eigenvalue weighted by molar-refractivity contribution is 5.94. The molecule has 29 heavy (non-hydrogen) atoms. The fraction of sp³-hybridized carbons (Fsp3) is 0.545. The lowest BCUT2D eigenvalue weighted by Gasteiger charge is -2.31. The predicted molar refractivity (Wildman–Crippen MR) is 111 cm³/mol. The van der Waals surface area contributed by atoms with E-state index in [9.17, 15) is 4.79 Å². The summed E-state index contributed by atoms with van der Waals surface area (Å²) in [4.78, 5) is 15.4. The summed E-state index contributed by atoms with van der Waals surface area (Å²) in [5.74, 6) is -0.0870. The van der Waals surface area contributed by atoms with Gasteiger partial charge in [-0.05, 0) is 38.0 Å². The zero-order valence-corrected chi connectivity index (χ0v) is 17.7. The van der Waals surface area contributed by atoms with Crippen molar-refractivity contribution in [1.29, 1.82) is 0 Å². The van der Waals surface area contributed by atoms with Gasteiger partial charge < -0.3 is 19.7 Å². The number of morpholine rings is 1. The van der Waals surface area contributed by atoms with Gasteiger partial charge in [0.2, 0.25) is 0 Å². The number of benzene rings is 1. The van der Waals surface area contributed by atoms with E-state index in [4.69, 9.17) is 9.47 Å². The van der Waals surface area contributed by atoms with Gasteiger partial charge in [-0.1, -0.05) is 12.1 Å². The van der Waals surface area contributed by atoms with E-state index < -0.39 is 0 Å². The molecule has 1 saturated heterocycles. The van der Waals surface area contributed by atoms with Gasteiger partial charge in [0, 0.05) is 44.4 Å². The first-order valence-corrected chi connectivity index (χ1v) is 10.4. The van der Waals surface area contributed by atoms with Crippen LogP contribution in [-0.4, -0.2) is 48.1 Å². The Morgan fingerprint density at radius 1 is 1.28 bits per heavy atom. The first kappa shape index (κ1) is 19.9. The number of nitrogens with zero attached hydrogens (tertiary/aromatic N) is 3. The van der Waals surface area contributed by atoms with Crippen molar-refractivity contribution in [1.82, 2.24) is 15.1 Å². The van der Waals surface area contributed by atoms with Gasteiger partial charge in [-0.15, -0.1) is 0 Å². The summed E-state index contributed by atoms with van der Waals surface area (Å²) in [7, 11) is 1.83. The average molecular weight is 399 g/mol. The molecule has 0 unspecified atom stereocenters. The number of nitrogens with one attached hydrogen (secondary N) is 1. The van der Waals surface area contributed by atoms with Crippen LogP contribution in [0.4, 0.5) is 5.69 Å². The first-order chi connectivity index (χ1) is 13.9. The Morgan fingerprint density at radius 2 is 2.03 bits per heavy atom. The average Bonchev–Trinajstić information content (AvgIpc) is 3.03. The molecule has 1 aromatic heterocycles. The van der Waals surface area contributed by atoms with Crippen molar-refractivity contribution in [2.24, 2.45) is 7.05 Å². The molecule has 0 bridgehead atoms. The minimum Gasteiger partial charge on any atom is -0.378 e. The van der Waals surface area contributed by atoms with E-state index in [2.05, 4.69) is 40.4 Å². The van der Waals surface area contributed by atoms with Crippen molar-refractivity contribution >= 4 is 11.6 Å². The Balaban J connectivity index is 1.54. The number of amides is 1. The second-order valence-electron chi connectivity index (χ2n) is 8.04. The normalized spacial score (nSPS) is 21.7. The van der Waals surface area contributed by atoms with E-state index in [1.807, 2.05) is 20.9 Å². The maximum Gasteiger partial charge on any atom is 0.270 e. The summed E-state index contributed by atoms with van der Waals surface area (Å²) in [5, 5.41) is 7.68. The third-order valence-corrected chi connectivity index (χ3v) is 5.74. The van der Waals surface area contributed by atoms with Crippen LogP contribution in [0.1, 0.15) is 52.8 Å². The second kappa shape index (κ2) is 8.16. The van der Waals surface area contributed by atoms with Gasteiger partial charge in [0.25, 0.3) is 5.91 Å². The van der Waals surface area contributed by atoms with Crippen LogP contribution in [-0.2, 0) is 29.5 Å². The van der Waals surface area contributed by atoms with Gasteiger partial charge in [0.05, 0.1) is 31.1 Å². The van der Waals surface area contributed by atoms with E-state index in [1.54, 1.807) is 4.68 Å². The van der Waals surface area contributed by atoms with E-state index in [1.165, 1.54) is 11.3 Å². The molecule has 2 aliphatic heterocycles. The van der Waals surface area contributed by atoms with E-state index in [0.29, 0.717) is 18.7 Å². The predicted octanol–water partition coefficient (Wildman–Crippen LogP) is 2.52. The van der Waals surface area contributed by atoms with E-state index in [0.717, 1.165) is 43.1 Å². The summed E-state index contributed by atoms with van der Waals surface area (Å²) < 4.78 is 13.0. The molecule has 2 aromatic rings. The van der Waals surface area contributed by atoms with Crippen molar-refractivity contribution in [2.45, 2.75) is 45.9 Å². The maximum atomic E-state index is 13.1. The minimum absolute atomic E-state index is 0.0817. The number of anilines is 1. The van der Waals surface area contributed by atoms with Gasteiger partial charge >= 0.3 is 0 Å². The van der Waals surface area contributed by atoms with Crippen LogP contribution in [0.5, 0.6) is 0 Å². The molecule has 2 aliphatic rings. The Bertz CT molecular complexity index is 902. The number of hydrogen-bond acceptors (Lipinski definition) is 5. The Morgan fingerprint density at radius 3 is 2.79 bits per heavy atom. The first-order valence-electron chi connectivity index (χ1n) is 10.4. The Hall–Kier alpha value is -2.38. The van der Waals surface area contributed by atoms with Crippen LogP contribution in [0.25, 0.3) is 0 Å². The minimum atomic E-state index is -0.0912. The molecule has 1 amide bonds. The highest BCUT2D eigenvalue weighted by atomic mass is 16.5. The number of carbonyl (C=O) groups is 1. The fourth-order valence-electron chi connectivity index (χ4n) is 4.33. The van der Waals surface area contributed by atoms with Crippen LogP contribution in [0.2, 0.25) is 0 Å². The summed E-state index contributed by atoms with van der Waals surface area (Å²) in [5.41, 5.74) is 6.03. The molecule has 4 rings (SSSR count). The number of aromatic nitrogens is 2. The topological polar surface area (TPSA) is 68.6 Å². The molecule has 3 heterocycles. The van der Waals surface area contributed by atoms with Gasteiger partial charge in [-0.25, -0.2) is 0 Å². The Labute approximate surface area is 172 Å². The third kappa shape index (κ3) is 4.02. The molecule has 1 N–H and O–H groups in total. The molecule has 156 valence electrons. The van der Waals surface area contributed by atoms with E-state index in [-0.39, 0.29) is 18.1 Å². The lowest BCUT2D eigenvalue weighted by molar-refractivity contribution is -0.00710. The van der Waals surface area contributed by atoms with Crippen molar-refractivity contribution in [2.75, 3.05) is 31.2 Å². The van der Waals surface area contributed by atoms with Gasteiger partial charge in [-0.2, -0.15) is 5.10 Å². The molecule has 0 radical (unpaired) electrons. The number of rotatable bonds is 4. The molecule has 0 aliphatic carbocycles. The SMILES string of the molecule is Cc1ccc(CNC(=O)c2c3c(nn2C)[C@H](C)O[C@H](C)C3)c(N2CCOCC2)c1. The number of fused-ring (bicyclic) bond motifs is 1. The third-order valence-electron chi connectivity index (χ3n) is 5.74. The van der Waals surface area contributed by atoms with Crippen LogP contribution in [0.3, 0.4) is 0 Å². The molecular formula is C22H30N4O3. The summed E-state index contributed by atoms with van der Waals surface area (Å²) in [6.45, 7) is 9.81. The zero-order chi connectivity index (χ0) is 20.5. The number of ether oxygens (including phenoxy) is 2. The molecular weight excluding hydrogens is 368 g/mol.